The van der Waals surface area contributed by atoms with Gasteiger partial charge in [-0.2, -0.15) is 0 Å². The molecule has 0 spiro atoms. The maximum Gasteiger partial charge on any atom is 0.266 e. The molecule has 0 aliphatic heterocycles. The molecule has 0 aliphatic carbocycles. The lowest BCUT2D eigenvalue weighted by Crippen LogP contribution is -2.18. The summed E-state index contributed by atoms with van der Waals surface area (Å²) in [5, 5.41) is 10.8. The second-order valence-corrected chi connectivity index (χ2v) is 4.76. The van der Waals surface area contributed by atoms with E-state index < -0.39 is 0 Å². The minimum atomic E-state index is -0.330. The van der Waals surface area contributed by atoms with Crippen LogP contribution in [0.15, 0.2) is 53.5 Å². The number of ether oxygens (including phenoxy) is 1. The minimum absolute atomic E-state index is 0.0803. The van der Waals surface area contributed by atoms with Gasteiger partial charge in [-0.3, -0.25) is 9.36 Å². The van der Waals surface area contributed by atoms with Gasteiger partial charge in [0.25, 0.3) is 5.56 Å². The zero-order valence-corrected chi connectivity index (χ0v) is 11.9. The van der Waals surface area contributed by atoms with Crippen molar-refractivity contribution in [3.63, 3.8) is 0 Å². The third-order valence-corrected chi connectivity index (χ3v) is 3.52. The molecule has 1 heterocycles. The molecule has 0 radical (unpaired) electrons. The van der Waals surface area contributed by atoms with Gasteiger partial charge < -0.3 is 9.84 Å². The Labute approximate surface area is 127 Å². The van der Waals surface area contributed by atoms with E-state index in [2.05, 4.69) is 5.92 Å². The Morgan fingerprint density at radius 3 is 2.77 bits per heavy atom. The van der Waals surface area contributed by atoms with E-state index in [9.17, 15) is 9.90 Å². The standard InChI is InChI=1S/C18H13NO3/c1-3-12-5-4-6-13(11-12)19-10-9-14-16(22-2)8-7-15(20)17(14)18(19)21/h1,4-11,20H,2H3. The smallest absolute Gasteiger partial charge is 0.266 e. The Hall–Kier alpha value is -3.19. The molecule has 4 heteroatoms. The molecule has 0 saturated carbocycles. The first-order valence-corrected chi connectivity index (χ1v) is 6.64. The molecule has 2 aromatic carbocycles. The zero-order chi connectivity index (χ0) is 15.7. The highest BCUT2D eigenvalue weighted by molar-refractivity contribution is 5.92. The van der Waals surface area contributed by atoms with Gasteiger partial charge in [0.1, 0.15) is 11.5 Å². The van der Waals surface area contributed by atoms with Gasteiger partial charge in [-0.05, 0) is 36.4 Å². The largest absolute Gasteiger partial charge is 0.507 e. The molecule has 0 atom stereocenters. The summed E-state index contributed by atoms with van der Waals surface area (Å²) in [6.45, 7) is 0. The van der Waals surface area contributed by atoms with Crippen LogP contribution in [-0.4, -0.2) is 16.8 Å². The van der Waals surface area contributed by atoms with Crippen molar-refractivity contribution in [3.05, 3.63) is 64.6 Å². The first-order valence-electron chi connectivity index (χ1n) is 6.64. The summed E-state index contributed by atoms with van der Waals surface area (Å²) >= 11 is 0. The average molecular weight is 291 g/mol. The number of nitrogens with zero attached hydrogens (tertiary/aromatic N) is 1. The van der Waals surface area contributed by atoms with Crippen molar-refractivity contribution in [2.45, 2.75) is 0 Å². The third-order valence-electron chi connectivity index (χ3n) is 3.52. The molecule has 0 fully saturated rings. The van der Waals surface area contributed by atoms with E-state index in [0.29, 0.717) is 22.4 Å². The summed E-state index contributed by atoms with van der Waals surface area (Å²) in [5.41, 5.74) is 0.993. The molecule has 3 aromatic rings. The van der Waals surface area contributed by atoms with Crippen LogP contribution in [-0.2, 0) is 0 Å². The van der Waals surface area contributed by atoms with E-state index in [4.69, 9.17) is 11.2 Å². The number of fused-ring (bicyclic) bond motifs is 1. The molecule has 1 aromatic heterocycles. The molecule has 22 heavy (non-hydrogen) atoms. The maximum absolute atomic E-state index is 12.7. The van der Waals surface area contributed by atoms with Crippen LogP contribution in [0.4, 0.5) is 0 Å². The number of benzene rings is 2. The van der Waals surface area contributed by atoms with Crippen LogP contribution < -0.4 is 10.3 Å². The maximum atomic E-state index is 12.7. The highest BCUT2D eigenvalue weighted by atomic mass is 16.5. The molecular formula is C18H13NO3. The van der Waals surface area contributed by atoms with Crippen molar-refractivity contribution in [2.75, 3.05) is 7.11 Å². The van der Waals surface area contributed by atoms with E-state index in [1.807, 2.05) is 0 Å². The fourth-order valence-corrected chi connectivity index (χ4v) is 2.44. The van der Waals surface area contributed by atoms with Crippen LogP contribution >= 0.6 is 0 Å². The van der Waals surface area contributed by atoms with Gasteiger partial charge >= 0.3 is 0 Å². The Bertz CT molecular complexity index is 964. The van der Waals surface area contributed by atoms with Gasteiger partial charge in [0.05, 0.1) is 12.5 Å². The van der Waals surface area contributed by atoms with Crippen LogP contribution in [0.1, 0.15) is 5.56 Å². The second kappa shape index (κ2) is 5.30. The van der Waals surface area contributed by atoms with Gasteiger partial charge in [0.2, 0.25) is 0 Å². The fraction of sp³-hybridized carbons (Fsp3) is 0.0556. The number of aromatic nitrogens is 1. The summed E-state index contributed by atoms with van der Waals surface area (Å²) in [6, 6.07) is 11.9. The number of pyridine rings is 1. The summed E-state index contributed by atoms with van der Waals surface area (Å²) < 4.78 is 6.68. The SMILES string of the molecule is C#Cc1cccc(-n2ccc3c(OC)ccc(O)c3c2=O)c1. The molecule has 3 rings (SSSR count). The molecule has 4 nitrogen and oxygen atoms in total. The predicted octanol–water partition coefficient (Wildman–Crippen LogP) is 2.69. The van der Waals surface area contributed by atoms with E-state index >= 15 is 0 Å². The van der Waals surface area contributed by atoms with Gasteiger partial charge in [0.15, 0.2) is 0 Å². The number of phenolic OH excluding ortho intramolecular Hbond substituents is 1. The summed E-state index contributed by atoms with van der Waals surface area (Å²) in [6.07, 6.45) is 7.03. The third kappa shape index (κ3) is 2.09. The van der Waals surface area contributed by atoms with Crippen molar-refractivity contribution < 1.29 is 9.84 Å². The Morgan fingerprint density at radius 2 is 2.05 bits per heavy atom. The normalized spacial score (nSPS) is 10.4. The average Bonchev–Trinajstić information content (AvgIpc) is 2.55. The number of aromatic hydroxyl groups is 1. The Morgan fingerprint density at radius 1 is 1.23 bits per heavy atom. The van der Waals surface area contributed by atoms with Crippen LogP contribution in [0.5, 0.6) is 11.5 Å². The topological polar surface area (TPSA) is 51.5 Å². The minimum Gasteiger partial charge on any atom is -0.507 e. The van der Waals surface area contributed by atoms with E-state index in [1.54, 1.807) is 42.6 Å². The van der Waals surface area contributed by atoms with Gasteiger partial charge in [-0.1, -0.05) is 12.0 Å². The molecule has 0 aliphatic rings. The monoisotopic (exact) mass is 291 g/mol. The Kier molecular flexibility index (Phi) is 3.32. The lowest BCUT2D eigenvalue weighted by molar-refractivity contribution is 0.418. The number of hydrogen-bond donors (Lipinski definition) is 1. The molecule has 108 valence electrons. The second-order valence-electron chi connectivity index (χ2n) is 4.76. The van der Waals surface area contributed by atoms with Gasteiger partial charge in [-0.15, -0.1) is 6.42 Å². The first-order chi connectivity index (χ1) is 10.7. The molecule has 0 bridgehead atoms. The summed E-state index contributed by atoms with van der Waals surface area (Å²) in [4.78, 5) is 12.7. The highest BCUT2D eigenvalue weighted by Gasteiger charge is 2.12. The van der Waals surface area contributed by atoms with Crippen molar-refractivity contribution in [1.29, 1.82) is 0 Å². The van der Waals surface area contributed by atoms with Crippen LogP contribution in [0.3, 0.4) is 0 Å². The summed E-state index contributed by atoms with van der Waals surface area (Å²) in [7, 11) is 1.52. The molecule has 1 N–H and O–H groups in total. The molecular weight excluding hydrogens is 278 g/mol. The quantitative estimate of drug-likeness (QED) is 0.739. The lowest BCUT2D eigenvalue weighted by Gasteiger charge is -2.11. The lowest BCUT2D eigenvalue weighted by atomic mass is 10.1. The van der Waals surface area contributed by atoms with Gasteiger partial charge in [0, 0.05) is 22.8 Å². The van der Waals surface area contributed by atoms with E-state index in [-0.39, 0.29) is 16.7 Å². The number of methoxy groups -OCH3 is 1. The van der Waals surface area contributed by atoms with Crippen LogP contribution in [0.25, 0.3) is 16.5 Å². The number of hydrogen-bond acceptors (Lipinski definition) is 3. The van der Waals surface area contributed by atoms with E-state index in [1.165, 1.54) is 17.7 Å². The zero-order valence-electron chi connectivity index (χ0n) is 11.9. The molecule has 0 amide bonds. The highest BCUT2D eigenvalue weighted by Crippen LogP contribution is 2.30. The Balaban J connectivity index is 2.34. The fourth-order valence-electron chi connectivity index (χ4n) is 2.44. The van der Waals surface area contributed by atoms with Crippen molar-refractivity contribution in [3.8, 4) is 29.5 Å². The molecule has 0 unspecified atom stereocenters. The van der Waals surface area contributed by atoms with Crippen molar-refractivity contribution >= 4 is 10.8 Å². The van der Waals surface area contributed by atoms with Crippen LogP contribution in [0.2, 0.25) is 0 Å². The first kappa shape index (κ1) is 13.8. The number of phenols is 1. The number of rotatable bonds is 2. The van der Waals surface area contributed by atoms with Crippen LogP contribution in [0, 0.1) is 12.3 Å². The summed E-state index contributed by atoms with van der Waals surface area (Å²) in [5.74, 6) is 2.99. The van der Waals surface area contributed by atoms with E-state index in [0.717, 1.165) is 0 Å². The molecule has 0 saturated heterocycles. The van der Waals surface area contributed by atoms with Crippen molar-refractivity contribution in [1.82, 2.24) is 4.57 Å². The van der Waals surface area contributed by atoms with Gasteiger partial charge in [-0.25, -0.2) is 0 Å². The predicted molar refractivity (Wildman–Crippen MR) is 85.7 cm³/mol. The van der Waals surface area contributed by atoms with Crippen molar-refractivity contribution in [2.24, 2.45) is 0 Å². The number of terminal acetylenes is 1.